The van der Waals surface area contributed by atoms with Gasteiger partial charge in [0.25, 0.3) is 0 Å². The third-order valence-electron chi connectivity index (χ3n) is 6.37. The molecular weight excluding hydrogens is 392 g/mol. The van der Waals surface area contributed by atoms with Crippen LogP contribution in [0.4, 0.5) is 0 Å². The van der Waals surface area contributed by atoms with Crippen molar-refractivity contribution in [2.24, 2.45) is 0 Å². The number of rotatable bonds is 9. The van der Waals surface area contributed by atoms with Crippen molar-refractivity contribution in [3.8, 4) is 0 Å². The summed E-state index contributed by atoms with van der Waals surface area (Å²) in [5.41, 5.74) is 2.01. The number of carbonyl (C=O) groups excluding carboxylic acids is 1. The highest BCUT2D eigenvalue weighted by Gasteiger charge is 2.31. The van der Waals surface area contributed by atoms with Crippen LogP contribution >= 0.6 is 0 Å². The average molecular weight is 429 g/mol. The zero-order valence-electron chi connectivity index (χ0n) is 20.2. The maximum absolute atomic E-state index is 13.4. The summed E-state index contributed by atoms with van der Waals surface area (Å²) < 4.78 is 12.1. The number of Topliss-reactive ketones (excluding diaryl/α,β-unsaturated/α-hetero) is 1. The predicted molar refractivity (Wildman–Crippen MR) is 123 cm³/mol. The summed E-state index contributed by atoms with van der Waals surface area (Å²) >= 11 is 0. The van der Waals surface area contributed by atoms with Crippen LogP contribution in [0.1, 0.15) is 104 Å². The largest absolute Gasteiger partial charge is 0.465 e. The van der Waals surface area contributed by atoms with Crippen molar-refractivity contribution >= 4 is 5.78 Å². The molecule has 0 aromatic carbocycles. The fraction of sp³-hybridized carbons (Fsp3) is 0.577. The monoisotopic (exact) mass is 428 g/mol. The molecule has 2 atom stereocenters. The first-order valence-corrected chi connectivity index (χ1v) is 11.4. The average Bonchev–Trinajstić information content (AvgIpc) is 2.76. The second-order valence-corrected chi connectivity index (χ2v) is 8.59. The molecule has 0 amide bonds. The first-order valence-electron chi connectivity index (χ1n) is 11.4. The summed E-state index contributed by atoms with van der Waals surface area (Å²) in [6.07, 6.45) is 4.34. The molecular formula is C26H36O5. The van der Waals surface area contributed by atoms with Crippen molar-refractivity contribution in [2.45, 2.75) is 99.3 Å². The van der Waals surface area contributed by atoms with Crippen molar-refractivity contribution in [1.29, 1.82) is 0 Å². The second kappa shape index (κ2) is 10.3. The van der Waals surface area contributed by atoms with Gasteiger partial charge in [-0.05, 0) is 48.0 Å². The van der Waals surface area contributed by atoms with Crippen LogP contribution in [-0.2, 0) is 17.6 Å². The van der Waals surface area contributed by atoms with Gasteiger partial charge in [-0.3, -0.25) is 14.4 Å². The fourth-order valence-corrected chi connectivity index (χ4v) is 4.18. The predicted octanol–water partition coefficient (Wildman–Crippen LogP) is 5.60. The second-order valence-electron chi connectivity index (χ2n) is 8.59. The van der Waals surface area contributed by atoms with Crippen LogP contribution in [0.15, 0.2) is 18.4 Å². The molecule has 0 bridgehead atoms. The first kappa shape index (κ1) is 24.8. The van der Waals surface area contributed by atoms with Crippen molar-refractivity contribution in [1.82, 2.24) is 0 Å². The van der Waals surface area contributed by atoms with Crippen LogP contribution in [0.5, 0.6) is 0 Å². The Morgan fingerprint density at radius 2 is 1.19 bits per heavy atom. The highest BCUT2D eigenvalue weighted by molar-refractivity contribution is 5.90. The number of aryl methyl sites for hydroxylation is 2. The molecule has 31 heavy (non-hydrogen) atoms. The van der Waals surface area contributed by atoms with Gasteiger partial charge in [0.15, 0.2) is 16.6 Å². The Kier molecular flexibility index (Phi) is 8.21. The molecule has 0 aliphatic heterocycles. The molecule has 0 N–H and O–H groups in total. The standard InChI is InChI=1S/C26H36O5/c1-9-11-12-13-21-15(4)23(28)17(6)26(31-21)19(8)24(29)18(7)25-16(5)22(27)14(3)20(10-2)30-25/h18-19H,9-13H2,1-8H3. The molecule has 0 spiro atoms. The molecule has 170 valence electrons. The Balaban J connectivity index is 2.47. The minimum absolute atomic E-state index is 0.0635. The minimum atomic E-state index is -0.622. The maximum Gasteiger partial charge on any atom is 0.191 e. The Morgan fingerprint density at radius 1 is 0.742 bits per heavy atom. The Morgan fingerprint density at radius 3 is 1.65 bits per heavy atom. The number of ketones is 1. The number of unbranched alkanes of at least 4 members (excludes halogenated alkanes) is 2. The normalized spacial score (nSPS) is 13.3. The molecule has 5 heteroatoms. The zero-order valence-corrected chi connectivity index (χ0v) is 20.2. The van der Waals surface area contributed by atoms with E-state index in [2.05, 4.69) is 6.92 Å². The minimum Gasteiger partial charge on any atom is -0.465 e. The van der Waals surface area contributed by atoms with Crippen molar-refractivity contribution in [3.63, 3.8) is 0 Å². The molecule has 0 aliphatic carbocycles. The molecule has 0 saturated carbocycles. The summed E-state index contributed by atoms with van der Waals surface area (Å²) in [4.78, 5) is 38.8. The summed E-state index contributed by atoms with van der Waals surface area (Å²) in [7, 11) is 0. The molecule has 2 heterocycles. The third-order valence-corrected chi connectivity index (χ3v) is 6.37. The van der Waals surface area contributed by atoms with E-state index < -0.39 is 11.8 Å². The Labute approximate surface area is 184 Å². The lowest BCUT2D eigenvalue weighted by Gasteiger charge is -2.20. The van der Waals surface area contributed by atoms with Crippen molar-refractivity contribution < 1.29 is 13.6 Å². The summed E-state index contributed by atoms with van der Waals surface area (Å²) in [5, 5.41) is 0. The van der Waals surface area contributed by atoms with Gasteiger partial charge in [0, 0.05) is 35.1 Å². The summed E-state index contributed by atoms with van der Waals surface area (Å²) in [5.74, 6) is 0.715. The van der Waals surface area contributed by atoms with Gasteiger partial charge in [-0.25, -0.2) is 0 Å². The topological polar surface area (TPSA) is 77.5 Å². The Bertz CT molecular complexity index is 1070. The van der Waals surface area contributed by atoms with Gasteiger partial charge in [-0.1, -0.05) is 26.7 Å². The van der Waals surface area contributed by atoms with E-state index in [0.717, 1.165) is 19.3 Å². The van der Waals surface area contributed by atoms with Gasteiger partial charge in [0.2, 0.25) is 0 Å². The molecule has 0 radical (unpaired) electrons. The number of carbonyl (C=O) groups is 1. The van der Waals surface area contributed by atoms with Gasteiger partial charge in [-0.2, -0.15) is 0 Å². The highest BCUT2D eigenvalue weighted by atomic mass is 16.3. The lowest BCUT2D eigenvalue weighted by molar-refractivity contribution is -0.122. The molecule has 5 nitrogen and oxygen atoms in total. The van der Waals surface area contributed by atoms with Gasteiger partial charge >= 0.3 is 0 Å². The fourth-order valence-electron chi connectivity index (χ4n) is 4.18. The SMILES string of the molecule is CCCCCc1oc(C(C)C(=O)C(C)c2oc(CC)c(C)c(=O)c2C)c(C)c(=O)c1C. The van der Waals surface area contributed by atoms with Crippen LogP contribution in [0.2, 0.25) is 0 Å². The lowest BCUT2D eigenvalue weighted by Crippen LogP contribution is -2.24. The Hall–Kier alpha value is -2.43. The smallest absolute Gasteiger partial charge is 0.191 e. The van der Waals surface area contributed by atoms with E-state index in [1.807, 2.05) is 6.92 Å². The van der Waals surface area contributed by atoms with Gasteiger partial charge < -0.3 is 8.83 Å². The molecule has 2 aromatic heterocycles. The van der Waals surface area contributed by atoms with Gasteiger partial charge in [0.1, 0.15) is 23.0 Å². The molecule has 2 rings (SSSR count). The van der Waals surface area contributed by atoms with E-state index in [4.69, 9.17) is 8.83 Å². The van der Waals surface area contributed by atoms with E-state index in [0.29, 0.717) is 58.1 Å². The van der Waals surface area contributed by atoms with E-state index >= 15 is 0 Å². The maximum atomic E-state index is 13.4. The summed E-state index contributed by atoms with van der Waals surface area (Å²) in [6, 6.07) is 0. The molecule has 0 saturated heterocycles. The zero-order chi connectivity index (χ0) is 23.5. The quantitative estimate of drug-likeness (QED) is 0.486. The third kappa shape index (κ3) is 4.91. The highest BCUT2D eigenvalue weighted by Crippen LogP contribution is 2.30. The van der Waals surface area contributed by atoms with E-state index in [1.54, 1.807) is 41.5 Å². The number of hydrogen-bond donors (Lipinski definition) is 0. The number of hydrogen-bond acceptors (Lipinski definition) is 5. The first-order chi connectivity index (χ1) is 14.6. The van der Waals surface area contributed by atoms with Crippen LogP contribution in [0, 0.1) is 27.7 Å². The van der Waals surface area contributed by atoms with Crippen LogP contribution < -0.4 is 10.9 Å². The van der Waals surface area contributed by atoms with Crippen LogP contribution in [0.25, 0.3) is 0 Å². The van der Waals surface area contributed by atoms with Crippen molar-refractivity contribution in [2.75, 3.05) is 0 Å². The van der Waals surface area contributed by atoms with Crippen molar-refractivity contribution in [3.05, 3.63) is 65.7 Å². The molecule has 0 fully saturated rings. The van der Waals surface area contributed by atoms with E-state index in [9.17, 15) is 14.4 Å². The van der Waals surface area contributed by atoms with Crippen LogP contribution in [-0.4, -0.2) is 5.78 Å². The summed E-state index contributed by atoms with van der Waals surface area (Å²) in [6.45, 7) is 14.5. The molecule has 2 aromatic rings. The van der Waals surface area contributed by atoms with Gasteiger partial charge in [0.05, 0.1) is 11.8 Å². The van der Waals surface area contributed by atoms with Crippen LogP contribution in [0.3, 0.4) is 0 Å². The lowest BCUT2D eigenvalue weighted by atomic mass is 9.88. The van der Waals surface area contributed by atoms with E-state index in [-0.39, 0.29) is 16.6 Å². The molecule has 0 aliphatic rings. The van der Waals surface area contributed by atoms with Gasteiger partial charge in [-0.15, -0.1) is 0 Å². The molecule has 2 unspecified atom stereocenters. The van der Waals surface area contributed by atoms with E-state index in [1.165, 1.54) is 0 Å².